The summed E-state index contributed by atoms with van der Waals surface area (Å²) >= 11 is 0. The SMILES string of the molecule is NC(=O)C(N)COP(=O)([O-])[O-]. The molecule has 7 nitrogen and oxygen atoms in total. The van der Waals surface area contributed by atoms with Gasteiger partial charge in [0.25, 0.3) is 0 Å². The molecule has 0 rings (SSSR count). The van der Waals surface area contributed by atoms with Crippen molar-refractivity contribution in [2.45, 2.75) is 6.04 Å². The molecule has 0 aliphatic heterocycles. The quantitative estimate of drug-likeness (QED) is 0.435. The van der Waals surface area contributed by atoms with E-state index < -0.39 is 26.4 Å². The van der Waals surface area contributed by atoms with E-state index in [-0.39, 0.29) is 0 Å². The monoisotopic (exact) mass is 182 g/mol. The van der Waals surface area contributed by atoms with Crippen molar-refractivity contribution >= 4 is 13.7 Å². The molecule has 0 aliphatic rings. The molecule has 66 valence electrons. The van der Waals surface area contributed by atoms with Gasteiger partial charge in [0.05, 0.1) is 14.4 Å². The number of carbonyl (C=O) groups is 1. The van der Waals surface area contributed by atoms with Crippen LogP contribution in [-0.2, 0) is 13.9 Å². The fourth-order valence-electron chi connectivity index (χ4n) is 0.254. The summed E-state index contributed by atoms with van der Waals surface area (Å²) in [5, 5.41) is 0. The van der Waals surface area contributed by atoms with Gasteiger partial charge in [0, 0.05) is 0 Å². The Kier molecular flexibility index (Phi) is 3.64. The average molecular weight is 182 g/mol. The van der Waals surface area contributed by atoms with Gasteiger partial charge in [0.2, 0.25) is 5.91 Å². The number of hydrogen-bond donors (Lipinski definition) is 2. The van der Waals surface area contributed by atoms with Crippen molar-refractivity contribution in [2.24, 2.45) is 11.5 Å². The van der Waals surface area contributed by atoms with Crippen molar-refractivity contribution in [3.05, 3.63) is 0 Å². The number of primary amides is 1. The molecule has 0 aliphatic carbocycles. The van der Waals surface area contributed by atoms with E-state index in [0.717, 1.165) is 0 Å². The first-order valence-electron chi connectivity index (χ1n) is 2.54. The number of nitrogens with two attached hydrogens (primary N) is 2. The maximum Gasteiger partial charge on any atom is 0.236 e. The molecule has 8 heteroatoms. The highest BCUT2D eigenvalue weighted by molar-refractivity contribution is 7.43. The normalized spacial score (nSPS) is 14.5. The first-order valence-corrected chi connectivity index (χ1v) is 4.00. The van der Waals surface area contributed by atoms with Crippen LogP contribution < -0.4 is 21.3 Å². The Morgan fingerprint density at radius 2 is 2.09 bits per heavy atom. The van der Waals surface area contributed by atoms with Crippen LogP contribution in [-0.4, -0.2) is 18.6 Å². The van der Waals surface area contributed by atoms with Crippen LogP contribution in [0.3, 0.4) is 0 Å². The van der Waals surface area contributed by atoms with Gasteiger partial charge in [-0.15, -0.1) is 0 Å². The number of phosphoric acid groups is 1. The minimum Gasteiger partial charge on any atom is -0.790 e. The lowest BCUT2D eigenvalue weighted by Crippen LogP contribution is -2.40. The molecule has 1 unspecified atom stereocenters. The standard InChI is InChI=1S/C3H9N2O5P/c4-2(3(5)6)1-10-11(7,8)9/h2H,1,4H2,(H2,5,6)(H2,7,8,9)/p-2. The Bertz CT molecular complexity index is 188. The van der Waals surface area contributed by atoms with Gasteiger partial charge in [-0.1, -0.05) is 0 Å². The number of phosphoric ester groups is 1. The van der Waals surface area contributed by atoms with E-state index >= 15 is 0 Å². The molecule has 0 heterocycles. The second-order valence-corrected chi connectivity index (χ2v) is 2.90. The molecule has 0 aromatic rings. The lowest BCUT2D eigenvalue weighted by atomic mass is 10.3. The second-order valence-electron chi connectivity index (χ2n) is 1.75. The predicted octanol–water partition coefficient (Wildman–Crippen LogP) is -3.36. The number of hydrogen-bond acceptors (Lipinski definition) is 6. The minimum absolute atomic E-state index is 0.709. The summed E-state index contributed by atoms with van der Waals surface area (Å²) in [7, 11) is -5.05. The maximum atomic E-state index is 10.1. The van der Waals surface area contributed by atoms with E-state index in [4.69, 9.17) is 5.73 Å². The predicted molar refractivity (Wildman–Crippen MR) is 30.7 cm³/mol. The molecule has 1 amide bonds. The maximum absolute atomic E-state index is 10.1. The average Bonchev–Trinajstić information content (AvgIpc) is 1.80. The third kappa shape index (κ3) is 5.96. The van der Waals surface area contributed by atoms with E-state index in [1.165, 1.54) is 0 Å². The van der Waals surface area contributed by atoms with Gasteiger partial charge in [0.1, 0.15) is 6.04 Å². The first kappa shape index (κ1) is 10.5. The lowest BCUT2D eigenvalue weighted by Gasteiger charge is -2.29. The van der Waals surface area contributed by atoms with Gasteiger partial charge in [-0.2, -0.15) is 0 Å². The largest absolute Gasteiger partial charge is 0.790 e. The Morgan fingerprint density at radius 1 is 1.64 bits per heavy atom. The molecule has 0 spiro atoms. The summed E-state index contributed by atoms with van der Waals surface area (Å²) in [5.74, 6) is -0.932. The van der Waals surface area contributed by atoms with E-state index in [1.54, 1.807) is 0 Å². The van der Waals surface area contributed by atoms with Gasteiger partial charge >= 0.3 is 0 Å². The molecule has 0 saturated carbocycles. The van der Waals surface area contributed by atoms with Crippen LogP contribution in [0.2, 0.25) is 0 Å². The van der Waals surface area contributed by atoms with Crippen molar-refractivity contribution in [1.29, 1.82) is 0 Å². The van der Waals surface area contributed by atoms with Crippen molar-refractivity contribution in [2.75, 3.05) is 6.61 Å². The summed E-state index contributed by atoms with van der Waals surface area (Å²) in [4.78, 5) is 29.7. The van der Waals surface area contributed by atoms with Crippen LogP contribution in [0.5, 0.6) is 0 Å². The summed E-state index contributed by atoms with van der Waals surface area (Å²) in [6.07, 6.45) is 0. The Labute approximate surface area is 62.6 Å². The molecular weight excluding hydrogens is 175 g/mol. The topological polar surface area (TPSA) is 142 Å². The summed E-state index contributed by atoms with van der Waals surface area (Å²) in [6.45, 7) is -0.709. The van der Waals surface area contributed by atoms with E-state index in [0.29, 0.717) is 0 Å². The van der Waals surface area contributed by atoms with E-state index in [1.807, 2.05) is 0 Å². The Hall–Kier alpha value is -0.460. The van der Waals surface area contributed by atoms with Crippen molar-refractivity contribution in [3.8, 4) is 0 Å². The van der Waals surface area contributed by atoms with Crippen LogP contribution in [0.25, 0.3) is 0 Å². The van der Waals surface area contributed by atoms with Crippen LogP contribution in [0.15, 0.2) is 0 Å². The third-order valence-corrected chi connectivity index (χ3v) is 1.24. The Balaban J connectivity index is 3.72. The first-order chi connectivity index (χ1) is 4.83. The van der Waals surface area contributed by atoms with Gasteiger partial charge < -0.3 is 30.3 Å². The zero-order valence-corrected chi connectivity index (χ0v) is 6.32. The molecule has 0 aromatic carbocycles. The van der Waals surface area contributed by atoms with Crippen molar-refractivity contribution < 1.29 is 23.7 Å². The number of rotatable bonds is 4. The fraction of sp³-hybridized carbons (Fsp3) is 0.667. The summed E-state index contributed by atoms with van der Waals surface area (Å²) in [5.41, 5.74) is 9.55. The fourth-order valence-corrected chi connectivity index (χ4v) is 0.597. The van der Waals surface area contributed by atoms with Crippen LogP contribution in [0.1, 0.15) is 0 Å². The van der Waals surface area contributed by atoms with Crippen molar-refractivity contribution in [1.82, 2.24) is 0 Å². The molecule has 11 heavy (non-hydrogen) atoms. The highest BCUT2D eigenvalue weighted by Crippen LogP contribution is 2.23. The molecule has 0 saturated heterocycles. The molecule has 4 N–H and O–H groups in total. The minimum atomic E-state index is -5.05. The van der Waals surface area contributed by atoms with E-state index in [2.05, 4.69) is 10.3 Å². The second kappa shape index (κ2) is 3.80. The molecule has 0 fully saturated rings. The molecule has 0 bridgehead atoms. The molecule has 1 atom stereocenters. The number of amides is 1. The third-order valence-electron chi connectivity index (χ3n) is 0.778. The Morgan fingerprint density at radius 3 is 2.36 bits per heavy atom. The van der Waals surface area contributed by atoms with Crippen LogP contribution in [0, 0.1) is 0 Å². The van der Waals surface area contributed by atoms with Crippen LogP contribution >= 0.6 is 7.82 Å². The highest BCUT2D eigenvalue weighted by Gasteiger charge is 2.09. The molecule has 0 radical (unpaired) electrons. The summed E-state index contributed by atoms with van der Waals surface area (Å²) < 4.78 is 13.5. The zero-order chi connectivity index (χ0) is 9.07. The van der Waals surface area contributed by atoms with Gasteiger partial charge in [-0.25, -0.2) is 0 Å². The zero-order valence-electron chi connectivity index (χ0n) is 5.43. The smallest absolute Gasteiger partial charge is 0.236 e. The molecular formula is C3H7N2O5P-2. The highest BCUT2D eigenvalue weighted by atomic mass is 31.2. The molecule has 0 aromatic heterocycles. The van der Waals surface area contributed by atoms with Crippen molar-refractivity contribution in [3.63, 3.8) is 0 Å². The lowest BCUT2D eigenvalue weighted by molar-refractivity contribution is -0.341. The van der Waals surface area contributed by atoms with Gasteiger partial charge in [-0.05, 0) is 0 Å². The van der Waals surface area contributed by atoms with Crippen LogP contribution in [0.4, 0.5) is 0 Å². The van der Waals surface area contributed by atoms with E-state index in [9.17, 15) is 19.1 Å². The van der Waals surface area contributed by atoms with Gasteiger partial charge in [0.15, 0.2) is 0 Å². The summed E-state index contributed by atoms with van der Waals surface area (Å²) in [6, 6.07) is -1.27. The van der Waals surface area contributed by atoms with Gasteiger partial charge in [-0.3, -0.25) is 4.79 Å². The number of carbonyl (C=O) groups excluding carboxylic acids is 1.